The van der Waals surface area contributed by atoms with Gasteiger partial charge in [0, 0.05) is 23.2 Å². The molecule has 5 unspecified atom stereocenters. The van der Waals surface area contributed by atoms with Crippen molar-refractivity contribution in [3.05, 3.63) is 70.2 Å². The molecule has 2 aromatic rings. The van der Waals surface area contributed by atoms with Crippen molar-refractivity contribution < 1.29 is 34.8 Å². The maximum absolute atomic E-state index is 13.9. The number of primary amides is 1. The Labute approximate surface area is 237 Å². The summed E-state index contributed by atoms with van der Waals surface area (Å²) >= 11 is 0. The summed E-state index contributed by atoms with van der Waals surface area (Å²) in [5, 5.41) is 48.3. The average molecular weight is 562 g/mol. The van der Waals surface area contributed by atoms with Gasteiger partial charge in [-0.2, -0.15) is 0 Å². The molecule has 0 aromatic heterocycles. The van der Waals surface area contributed by atoms with Crippen LogP contribution in [-0.2, 0) is 16.0 Å². The minimum Gasteiger partial charge on any atom is -0.510 e. The van der Waals surface area contributed by atoms with E-state index in [-0.39, 0.29) is 29.7 Å². The summed E-state index contributed by atoms with van der Waals surface area (Å²) in [7, 11) is 3.20. The van der Waals surface area contributed by atoms with Crippen molar-refractivity contribution in [3.63, 3.8) is 0 Å². The summed E-state index contributed by atoms with van der Waals surface area (Å²) < 4.78 is 0. The number of likely N-dealkylation sites (N-methyl/N-ethyl adjacent to an activating group) is 1. The lowest BCUT2D eigenvalue weighted by molar-refractivity contribution is -0.148. The summed E-state index contributed by atoms with van der Waals surface area (Å²) in [6, 6.07) is 10.2. The number of hydrogen-bond acceptors (Lipinski definition) is 9. The lowest BCUT2D eigenvalue weighted by atomic mass is 9.58. The van der Waals surface area contributed by atoms with Gasteiger partial charge in [0.15, 0.2) is 11.4 Å². The van der Waals surface area contributed by atoms with Crippen molar-refractivity contribution in [2.75, 3.05) is 19.4 Å². The van der Waals surface area contributed by atoms with Gasteiger partial charge < -0.3 is 31.5 Å². The second kappa shape index (κ2) is 10.0. The molecule has 2 aromatic carbocycles. The van der Waals surface area contributed by atoms with Gasteiger partial charge in [-0.1, -0.05) is 25.1 Å². The topological polar surface area (TPSA) is 173 Å². The number of rotatable bonds is 6. The van der Waals surface area contributed by atoms with Crippen LogP contribution in [0.3, 0.4) is 0 Å². The molecule has 0 spiro atoms. The molecule has 0 saturated carbocycles. The van der Waals surface area contributed by atoms with Gasteiger partial charge in [0.25, 0.3) is 5.91 Å². The number of allylic oxidation sites excluding steroid dienone is 1. The third-order valence-corrected chi connectivity index (χ3v) is 8.83. The first-order chi connectivity index (χ1) is 19.3. The number of fused-ring (bicyclic) bond motifs is 3. The molecule has 0 saturated heterocycles. The van der Waals surface area contributed by atoms with Crippen LogP contribution in [0.25, 0.3) is 11.1 Å². The fraction of sp³-hybridized carbons (Fsp3) is 0.387. The average Bonchev–Trinajstić information content (AvgIpc) is 2.91. The number of carbonyl (C=O) groups excluding carboxylic acids is 3. The standard InChI is InChI=1S/C31H35N3O7/c1-5-14(2)33-17-8-6-15(7-9-17)18-10-11-21(35)23-19(18)12-16-13-20-25(34(3)4)27(37)24(30(32)40)29(39)31(20,41)28(38)22(16)26(23)36/h6-11,14,16,20,25,33,35,37-38,41H,5,12-13H2,1-4H3,(H2,32,40). The van der Waals surface area contributed by atoms with Gasteiger partial charge >= 0.3 is 0 Å². The third-order valence-electron chi connectivity index (χ3n) is 8.83. The Bertz CT molecular complexity index is 1520. The Morgan fingerprint density at radius 1 is 1.12 bits per heavy atom. The molecule has 0 aliphatic heterocycles. The Balaban J connectivity index is 1.63. The number of ketones is 2. The summed E-state index contributed by atoms with van der Waals surface area (Å²) in [6.07, 6.45) is 1.23. The van der Waals surface area contributed by atoms with Gasteiger partial charge in [-0.25, -0.2) is 0 Å². The van der Waals surface area contributed by atoms with Gasteiger partial charge in [0.05, 0.1) is 11.6 Å². The number of nitrogens with one attached hydrogen (secondary N) is 1. The second-order valence-electron chi connectivity index (χ2n) is 11.5. The van der Waals surface area contributed by atoms with Crippen molar-refractivity contribution in [2.45, 2.75) is 50.8 Å². The van der Waals surface area contributed by atoms with Crippen LogP contribution in [0.4, 0.5) is 5.69 Å². The minimum atomic E-state index is -2.66. The van der Waals surface area contributed by atoms with E-state index in [1.807, 2.05) is 24.3 Å². The first-order valence-electron chi connectivity index (χ1n) is 13.7. The second-order valence-corrected chi connectivity index (χ2v) is 11.5. The van der Waals surface area contributed by atoms with Crippen LogP contribution >= 0.6 is 0 Å². The smallest absolute Gasteiger partial charge is 0.255 e. The molecule has 216 valence electrons. The van der Waals surface area contributed by atoms with Crippen LogP contribution < -0.4 is 11.1 Å². The molecule has 0 heterocycles. The third kappa shape index (κ3) is 4.20. The van der Waals surface area contributed by atoms with Crippen molar-refractivity contribution in [3.8, 4) is 16.9 Å². The number of aliphatic hydroxyl groups is 3. The highest BCUT2D eigenvalue weighted by Gasteiger charge is 2.63. The molecule has 1 amide bonds. The van der Waals surface area contributed by atoms with Gasteiger partial charge in [0.1, 0.15) is 22.8 Å². The fourth-order valence-electron chi connectivity index (χ4n) is 6.65. The molecule has 5 atom stereocenters. The molecular formula is C31H35N3O7. The number of Topliss-reactive ketones (excluding diaryl/α,β-unsaturated/α-hetero) is 2. The molecule has 5 rings (SSSR count). The number of aromatic hydroxyl groups is 1. The molecule has 7 N–H and O–H groups in total. The molecule has 3 aliphatic carbocycles. The van der Waals surface area contributed by atoms with Gasteiger partial charge in [-0.15, -0.1) is 0 Å². The van der Waals surface area contributed by atoms with E-state index in [0.717, 1.165) is 23.2 Å². The lowest BCUT2D eigenvalue weighted by Gasteiger charge is -2.50. The molecule has 41 heavy (non-hydrogen) atoms. The number of benzene rings is 2. The highest BCUT2D eigenvalue weighted by molar-refractivity contribution is 6.24. The van der Waals surface area contributed by atoms with Crippen molar-refractivity contribution in [2.24, 2.45) is 17.6 Å². The van der Waals surface area contributed by atoms with Crippen molar-refractivity contribution in [1.29, 1.82) is 0 Å². The summed E-state index contributed by atoms with van der Waals surface area (Å²) in [5.41, 5.74) is 4.83. The Hall–Kier alpha value is -4.15. The summed E-state index contributed by atoms with van der Waals surface area (Å²) in [4.78, 5) is 41.0. The van der Waals surface area contributed by atoms with E-state index in [2.05, 4.69) is 19.2 Å². The predicted octanol–water partition coefficient (Wildman–Crippen LogP) is 3.00. The van der Waals surface area contributed by atoms with Gasteiger partial charge in [-0.05, 0) is 81.1 Å². The molecule has 3 aliphatic rings. The Morgan fingerprint density at radius 3 is 2.37 bits per heavy atom. The van der Waals surface area contributed by atoms with E-state index < -0.39 is 58.0 Å². The van der Waals surface area contributed by atoms with E-state index >= 15 is 0 Å². The summed E-state index contributed by atoms with van der Waals surface area (Å²) in [6.45, 7) is 4.18. The molecule has 0 radical (unpaired) electrons. The number of phenolic OH excluding ortho intramolecular Hbond substituents is 1. The van der Waals surface area contributed by atoms with Crippen LogP contribution in [-0.4, -0.2) is 74.6 Å². The SMILES string of the molecule is CCC(C)Nc1ccc(-c2ccc(O)c3c2CC2CC4C(N(C)C)C(O)=C(C(N)=O)C(=O)C4(O)C(O)=C2C3=O)cc1. The van der Waals surface area contributed by atoms with Crippen LogP contribution in [0.1, 0.15) is 42.6 Å². The maximum atomic E-state index is 13.9. The normalized spacial score (nSPS) is 26.4. The summed E-state index contributed by atoms with van der Waals surface area (Å²) in [5.74, 6) is -6.66. The van der Waals surface area contributed by atoms with Crippen LogP contribution in [0.2, 0.25) is 0 Å². The van der Waals surface area contributed by atoms with Crippen LogP contribution in [0.15, 0.2) is 59.1 Å². The zero-order valence-corrected chi connectivity index (χ0v) is 23.4. The highest BCUT2D eigenvalue weighted by Crippen LogP contribution is 2.53. The number of anilines is 1. The number of aliphatic hydroxyl groups excluding tert-OH is 2. The van der Waals surface area contributed by atoms with Crippen molar-refractivity contribution >= 4 is 23.2 Å². The molecule has 0 fully saturated rings. The van der Waals surface area contributed by atoms with Crippen LogP contribution in [0, 0.1) is 11.8 Å². The van der Waals surface area contributed by atoms with Crippen molar-refractivity contribution in [1.82, 2.24) is 4.90 Å². The molecular weight excluding hydrogens is 526 g/mol. The maximum Gasteiger partial charge on any atom is 0.255 e. The number of amides is 1. The molecule has 10 nitrogen and oxygen atoms in total. The van der Waals surface area contributed by atoms with E-state index in [4.69, 9.17) is 5.73 Å². The van der Waals surface area contributed by atoms with Gasteiger partial charge in [0.2, 0.25) is 5.78 Å². The Kier molecular flexibility index (Phi) is 6.95. The molecule has 10 heteroatoms. The van der Waals surface area contributed by atoms with Crippen LogP contribution in [0.5, 0.6) is 5.75 Å². The first-order valence-corrected chi connectivity index (χ1v) is 13.7. The zero-order valence-electron chi connectivity index (χ0n) is 23.4. The largest absolute Gasteiger partial charge is 0.510 e. The number of carbonyl (C=O) groups is 3. The number of hydrogen-bond donors (Lipinski definition) is 6. The monoisotopic (exact) mass is 561 g/mol. The van der Waals surface area contributed by atoms with E-state index in [1.54, 1.807) is 20.2 Å². The Morgan fingerprint density at radius 2 is 1.78 bits per heavy atom. The number of phenols is 1. The first kappa shape index (κ1) is 28.4. The fourth-order valence-corrected chi connectivity index (χ4v) is 6.65. The predicted molar refractivity (Wildman–Crippen MR) is 152 cm³/mol. The van der Waals surface area contributed by atoms with E-state index in [0.29, 0.717) is 11.6 Å². The highest BCUT2D eigenvalue weighted by atomic mass is 16.3. The lowest BCUT2D eigenvalue weighted by Crippen LogP contribution is -2.63. The number of nitrogens with zero attached hydrogens (tertiary/aromatic N) is 1. The van der Waals surface area contributed by atoms with E-state index in [1.165, 1.54) is 11.0 Å². The van der Waals surface area contributed by atoms with E-state index in [9.17, 15) is 34.8 Å². The molecule has 0 bridgehead atoms. The number of nitrogens with two attached hydrogens (primary N) is 1. The minimum absolute atomic E-state index is 0.00918. The van der Waals surface area contributed by atoms with Gasteiger partial charge in [-0.3, -0.25) is 19.3 Å². The quantitative estimate of drug-likeness (QED) is 0.290. The zero-order chi connectivity index (χ0) is 30.0.